The van der Waals surface area contributed by atoms with Gasteiger partial charge >= 0.3 is 5.97 Å². The summed E-state index contributed by atoms with van der Waals surface area (Å²) >= 11 is 0. The number of nitro benzene ring substituents is 1. The number of nitro groups is 1. The van der Waals surface area contributed by atoms with Gasteiger partial charge in [0.1, 0.15) is 0 Å². The summed E-state index contributed by atoms with van der Waals surface area (Å²) < 4.78 is 5.19. The Morgan fingerprint density at radius 2 is 1.53 bits per heavy atom. The van der Waals surface area contributed by atoms with Crippen LogP contribution in [0.5, 0.6) is 0 Å². The minimum atomic E-state index is -1.36. The van der Waals surface area contributed by atoms with Crippen molar-refractivity contribution < 1.29 is 14.5 Å². The van der Waals surface area contributed by atoms with Crippen LogP contribution in [0.3, 0.4) is 0 Å². The molecule has 4 rings (SSSR count). The van der Waals surface area contributed by atoms with Crippen LogP contribution in [-0.2, 0) is 16.0 Å². The van der Waals surface area contributed by atoms with Crippen molar-refractivity contribution in [1.82, 2.24) is 0 Å². The van der Waals surface area contributed by atoms with E-state index in [1.165, 1.54) is 19.2 Å². The Balaban J connectivity index is 1.90. The summed E-state index contributed by atoms with van der Waals surface area (Å²) in [5.74, 6) is -0.517. The van der Waals surface area contributed by atoms with Crippen LogP contribution in [0.15, 0.2) is 101 Å². The molecule has 0 aromatic heterocycles. The Morgan fingerprint density at radius 1 is 0.969 bits per heavy atom. The molecule has 0 amide bonds. The lowest BCUT2D eigenvalue weighted by molar-refractivity contribution is -0.384. The highest BCUT2D eigenvalue weighted by atomic mass is 16.6. The molecule has 1 heterocycles. The quantitative estimate of drug-likeness (QED) is 0.314. The van der Waals surface area contributed by atoms with Gasteiger partial charge in [-0.25, -0.2) is 4.79 Å². The van der Waals surface area contributed by atoms with Gasteiger partial charge in [0.05, 0.1) is 18.6 Å². The fraction of sp³-hybridized carbons (Fsp3) is 0.160. The second-order valence-corrected chi connectivity index (χ2v) is 7.44. The normalized spacial score (nSPS) is 17.2. The zero-order chi connectivity index (χ0) is 22.6. The molecule has 0 aliphatic carbocycles. The summed E-state index contributed by atoms with van der Waals surface area (Å²) in [7, 11) is 1.33. The van der Waals surface area contributed by atoms with Crippen molar-refractivity contribution in [1.29, 1.82) is 0 Å². The number of carbonyl (C=O) groups is 1. The summed E-state index contributed by atoms with van der Waals surface area (Å²) in [6.45, 7) is 0.251. The molecule has 7 nitrogen and oxygen atoms in total. The molecule has 0 radical (unpaired) electrons. The van der Waals surface area contributed by atoms with E-state index in [1.807, 2.05) is 60.7 Å². The van der Waals surface area contributed by atoms with Crippen LogP contribution in [0.25, 0.3) is 5.57 Å². The largest absolute Gasteiger partial charge is 0.467 e. The van der Waals surface area contributed by atoms with Gasteiger partial charge < -0.3 is 4.74 Å². The van der Waals surface area contributed by atoms with Gasteiger partial charge in [0.15, 0.2) is 0 Å². The fourth-order valence-electron chi connectivity index (χ4n) is 4.01. The van der Waals surface area contributed by atoms with Crippen LogP contribution < -0.4 is 0 Å². The van der Waals surface area contributed by atoms with E-state index in [-0.39, 0.29) is 18.7 Å². The number of esters is 1. The third kappa shape index (κ3) is 3.92. The standard InChI is InChI=1S/C25H21N3O4/c1-32-24(29)25(16-18-12-14-21(15-13-18)28(30)31)22(17-26-27-25)23(19-8-4-2-5-9-19)20-10-6-3-7-11-20/h2-15H,16-17H2,1H3. The molecule has 0 spiro atoms. The Bertz CT molecular complexity index is 1150. The first-order valence-electron chi connectivity index (χ1n) is 10.1. The van der Waals surface area contributed by atoms with Crippen LogP contribution in [0.1, 0.15) is 16.7 Å². The second-order valence-electron chi connectivity index (χ2n) is 7.44. The molecule has 7 heteroatoms. The summed E-state index contributed by atoms with van der Waals surface area (Å²) in [6, 6.07) is 25.7. The number of non-ortho nitro benzene ring substituents is 1. The van der Waals surface area contributed by atoms with Gasteiger partial charge in [-0.2, -0.15) is 10.2 Å². The number of methoxy groups -OCH3 is 1. The van der Waals surface area contributed by atoms with E-state index in [1.54, 1.807) is 12.1 Å². The first kappa shape index (κ1) is 21.1. The number of benzene rings is 3. The predicted octanol–water partition coefficient (Wildman–Crippen LogP) is 5.02. The highest BCUT2D eigenvalue weighted by Gasteiger charge is 2.48. The Morgan fingerprint density at radius 3 is 2.03 bits per heavy atom. The lowest BCUT2D eigenvalue weighted by atomic mass is 9.79. The molecule has 3 aromatic carbocycles. The van der Waals surface area contributed by atoms with Gasteiger partial charge in [0.2, 0.25) is 5.54 Å². The number of ether oxygens (including phenoxy) is 1. The summed E-state index contributed by atoms with van der Waals surface area (Å²) in [6.07, 6.45) is 0.180. The van der Waals surface area contributed by atoms with E-state index in [9.17, 15) is 14.9 Å². The first-order valence-corrected chi connectivity index (χ1v) is 10.1. The van der Waals surface area contributed by atoms with E-state index in [4.69, 9.17) is 4.74 Å². The van der Waals surface area contributed by atoms with E-state index in [2.05, 4.69) is 10.2 Å². The molecular weight excluding hydrogens is 406 g/mol. The van der Waals surface area contributed by atoms with Gasteiger partial charge in [-0.3, -0.25) is 10.1 Å². The molecule has 1 atom stereocenters. The van der Waals surface area contributed by atoms with Crippen molar-refractivity contribution in [2.45, 2.75) is 12.0 Å². The van der Waals surface area contributed by atoms with Crippen molar-refractivity contribution in [3.63, 3.8) is 0 Å². The molecule has 0 fully saturated rings. The molecule has 3 aromatic rings. The highest BCUT2D eigenvalue weighted by Crippen LogP contribution is 2.41. The molecule has 1 aliphatic heterocycles. The predicted molar refractivity (Wildman–Crippen MR) is 120 cm³/mol. The van der Waals surface area contributed by atoms with Crippen LogP contribution in [0, 0.1) is 10.1 Å². The van der Waals surface area contributed by atoms with Crippen molar-refractivity contribution in [3.8, 4) is 0 Å². The van der Waals surface area contributed by atoms with Crippen molar-refractivity contribution in [3.05, 3.63) is 117 Å². The van der Waals surface area contributed by atoms with Gasteiger partial charge in [-0.1, -0.05) is 72.8 Å². The van der Waals surface area contributed by atoms with E-state index in [0.29, 0.717) is 0 Å². The first-order chi connectivity index (χ1) is 15.5. The maximum atomic E-state index is 13.2. The van der Waals surface area contributed by atoms with Gasteiger partial charge in [0.25, 0.3) is 5.69 Å². The lowest BCUT2D eigenvalue weighted by Gasteiger charge is -2.27. The lowest BCUT2D eigenvalue weighted by Crippen LogP contribution is -2.41. The maximum Gasteiger partial charge on any atom is 0.340 e. The summed E-state index contributed by atoms with van der Waals surface area (Å²) in [5, 5.41) is 19.7. The molecule has 1 unspecified atom stereocenters. The van der Waals surface area contributed by atoms with Crippen LogP contribution in [0.2, 0.25) is 0 Å². The maximum absolute atomic E-state index is 13.2. The Labute approximate surface area is 185 Å². The number of nitrogens with zero attached hydrogens (tertiary/aromatic N) is 3. The molecule has 0 saturated carbocycles. The van der Waals surface area contributed by atoms with Gasteiger partial charge in [0, 0.05) is 24.1 Å². The summed E-state index contributed by atoms with van der Waals surface area (Å²) in [4.78, 5) is 23.7. The Hall–Kier alpha value is -4.13. The van der Waals surface area contributed by atoms with E-state index < -0.39 is 16.4 Å². The number of hydrogen-bond acceptors (Lipinski definition) is 6. The van der Waals surface area contributed by atoms with E-state index in [0.717, 1.165) is 27.8 Å². The van der Waals surface area contributed by atoms with Crippen LogP contribution >= 0.6 is 0 Å². The van der Waals surface area contributed by atoms with Crippen molar-refractivity contribution >= 4 is 17.2 Å². The van der Waals surface area contributed by atoms with Gasteiger partial charge in [-0.15, -0.1) is 0 Å². The smallest absolute Gasteiger partial charge is 0.340 e. The average Bonchev–Trinajstić information content (AvgIpc) is 3.24. The second kappa shape index (κ2) is 8.93. The highest BCUT2D eigenvalue weighted by molar-refractivity contribution is 5.94. The number of carbonyl (C=O) groups excluding carboxylic acids is 1. The summed E-state index contributed by atoms with van der Waals surface area (Å²) in [5.41, 5.74) is 2.85. The van der Waals surface area contributed by atoms with Crippen LogP contribution in [0.4, 0.5) is 5.69 Å². The minimum Gasteiger partial charge on any atom is -0.467 e. The minimum absolute atomic E-state index is 0.0149. The fourth-order valence-corrected chi connectivity index (χ4v) is 4.01. The molecule has 32 heavy (non-hydrogen) atoms. The average molecular weight is 427 g/mol. The van der Waals surface area contributed by atoms with E-state index >= 15 is 0 Å². The molecule has 0 saturated heterocycles. The molecule has 160 valence electrons. The van der Waals surface area contributed by atoms with Crippen molar-refractivity contribution in [2.75, 3.05) is 13.7 Å². The third-order valence-electron chi connectivity index (χ3n) is 5.53. The monoisotopic (exact) mass is 427 g/mol. The Kier molecular flexibility index (Phi) is 5.89. The van der Waals surface area contributed by atoms with Crippen LogP contribution in [-0.4, -0.2) is 30.1 Å². The topological polar surface area (TPSA) is 94.2 Å². The third-order valence-corrected chi connectivity index (χ3v) is 5.53. The number of hydrogen-bond donors (Lipinski definition) is 0. The zero-order valence-corrected chi connectivity index (χ0v) is 17.5. The number of azo groups is 1. The van der Waals surface area contributed by atoms with Gasteiger partial charge in [-0.05, 0) is 22.3 Å². The molecule has 1 aliphatic rings. The molecular formula is C25H21N3O4. The molecule has 0 bridgehead atoms. The zero-order valence-electron chi connectivity index (χ0n) is 17.5. The SMILES string of the molecule is COC(=O)C1(Cc2ccc([N+](=O)[O-])cc2)N=NCC1=C(c1ccccc1)c1ccccc1. The van der Waals surface area contributed by atoms with Crippen molar-refractivity contribution in [2.24, 2.45) is 10.2 Å². The number of rotatable bonds is 6. The molecule has 0 N–H and O–H groups in total.